The summed E-state index contributed by atoms with van der Waals surface area (Å²) >= 11 is 0. The molecule has 1 fully saturated rings. The molecule has 1 amide bonds. The number of nitrogens with two attached hydrogens (primary N) is 1. The van der Waals surface area contributed by atoms with Crippen LogP contribution >= 0.6 is 0 Å². The van der Waals surface area contributed by atoms with Gasteiger partial charge in [-0.1, -0.05) is 12.8 Å². The SMILES string of the molecule is CC(C)(C#N)CCCN[C@@H]1CCCC[C@@H]1C(N)=O. The number of carbonyl (C=O) groups is 1. The summed E-state index contributed by atoms with van der Waals surface area (Å²) in [4.78, 5) is 11.3. The number of carbonyl (C=O) groups excluding carboxylic acids is 1. The molecule has 1 aliphatic rings. The van der Waals surface area contributed by atoms with Gasteiger partial charge < -0.3 is 11.1 Å². The molecule has 0 aromatic heterocycles. The fraction of sp³-hybridized carbons (Fsp3) is 0.857. The summed E-state index contributed by atoms with van der Waals surface area (Å²) < 4.78 is 0. The van der Waals surface area contributed by atoms with E-state index < -0.39 is 0 Å². The van der Waals surface area contributed by atoms with Crippen LogP contribution in [0.4, 0.5) is 0 Å². The lowest BCUT2D eigenvalue weighted by Gasteiger charge is -2.30. The number of primary amides is 1. The molecule has 102 valence electrons. The Morgan fingerprint density at radius 2 is 2.11 bits per heavy atom. The molecule has 2 atom stereocenters. The Bertz CT molecular complexity index is 319. The van der Waals surface area contributed by atoms with Gasteiger partial charge in [0.05, 0.1) is 17.4 Å². The van der Waals surface area contributed by atoms with Gasteiger partial charge in [0.1, 0.15) is 0 Å². The van der Waals surface area contributed by atoms with Gasteiger partial charge in [-0.05, 0) is 46.1 Å². The summed E-state index contributed by atoms with van der Waals surface area (Å²) in [5, 5.41) is 12.4. The second-order valence-electron chi connectivity index (χ2n) is 5.95. The average molecular weight is 251 g/mol. The number of nitrogens with one attached hydrogen (secondary N) is 1. The van der Waals surface area contributed by atoms with Crippen LogP contribution in [0.5, 0.6) is 0 Å². The highest BCUT2D eigenvalue weighted by molar-refractivity contribution is 5.77. The van der Waals surface area contributed by atoms with Crippen molar-refractivity contribution in [3.05, 3.63) is 0 Å². The first-order valence-corrected chi connectivity index (χ1v) is 6.90. The van der Waals surface area contributed by atoms with E-state index in [9.17, 15) is 4.79 Å². The third-order valence-electron chi connectivity index (χ3n) is 3.82. The van der Waals surface area contributed by atoms with Crippen molar-refractivity contribution < 1.29 is 4.79 Å². The molecule has 3 N–H and O–H groups in total. The summed E-state index contributed by atoms with van der Waals surface area (Å²) in [6, 6.07) is 2.54. The minimum atomic E-state index is -0.253. The van der Waals surface area contributed by atoms with Crippen molar-refractivity contribution in [2.24, 2.45) is 17.1 Å². The Balaban J connectivity index is 2.29. The van der Waals surface area contributed by atoms with Crippen LogP contribution in [0.25, 0.3) is 0 Å². The molecular formula is C14H25N3O. The molecule has 1 aliphatic carbocycles. The van der Waals surface area contributed by atoms with Crippen LogP contribution in [0.2, 0.25) is 0 Å². The molecule has 1 rings (SSSR count). The van der Waals surface area contributed by atoms with Crippen LogP contribution in [0.3, 0.4) is 0 Å². The van der Waals surface area contributed by atoms with Crippen LogP contribution < -0.4 is 11.1 Å². The van der Waals surface area contributed by atoms with Crippen molar-refractivity contribution in [2.45, 2.75) is 58.4 Å². The first-order chi connectivity index (χ1) is 8.46. The zero-order chi connectivity index (χ0) is 13.6. The van der Waals surface area contributed by atoms with Crippen LogP contribution in [0.1, 0.15) is 52.4 Å². The van der Waals surface area contributed by atoms with E-state index in [2.05, 4.69) is 11.4 Å². The van der Waals surface area contributed by atoms with E-state index in [1.165, 1.54) is 6.42 Å². The van der Waals surface area contributed by atoms with Crippen LogP contribution in [0.15, 0.2) is 0 Å². The number of hydrogen-bond donors (Lipinski definition) is 2. The highest BCUT2D eigenvalue weighted by Crippen LogP contribution is 2.25. The standard InChI is InChI=1S/C14H25N3O/c1-14(2,10-15)8-5-9-17-12-7-4-3-6-11(12)13(16)18/h11-12,17H,3-9H2,1-2H3,(H2,16,18)/t11-,12+/m0/s1. The maximum absolute atomic E-state index is 11.3. The van der Waals surface area contributed by atoms with Crippen molar-refractivity contribution in [3.8, 4) is 6.07 Å². The lowest BCUT2D eigenvalue weighted by molar-refractivity contribution is -0.123. The first-order valence-electron chi connectivity index (χ1n) is 6.90. The molecule has 4 heteroatoms. The number of rotatable bonds is 6. The maximum atomic E-state index is 11.3. The quantitative estimate of drug-likeness (QED) is 0.708. The van der Waals surface area contributed by atoms with Gasteiger partial charge in [-0.15, -0.1) is 0 Å². The molecular weight excluding hydrogens is 226 g/mol. The van der Waals surface area contributed by atoms with E-state index in [1.807, 2.05) is 13.8 Å². The lowest BCUT2D eigenvalue weighted by atomic mass is 9.83. The van der Waals surface area contributed by atoms with Crippen molar-refractivity contribution in [3.63, 3.8) is 0 Å². The van der Waals surface area contributed by atoms with Crippen LogP contribution in [-0.2, 0) is 4.79 Å². The number of hydrogen-bond acceptors (Lipinski definition) is 3. The molecule has 0 saturated heterocycles. The predicted molar refractivity (Wildman–Crippen MR) is 71.6 cm³/mol. The minimum absolute atomic E-state index is 0.0114. The van der Waals surface area contributed by atoms with Gasteiger partial charge >= 0.3 is 0 Å². The Morgan fingerprint density at radius 1 is 1.44 bits per heavy atom. The average Bonchev–Trinajstić information content (AvgIpc) is 2.35. The van der Waals surface area contributed by atoms with Gasteiger partial charge in [0, 0.05) is 6.04 Å². The zero-order valence-corrected chi connectivity index (χ0v) is 11.5. The fourth-order valence-corrected chi connectivity index (χ4v) is 2.59. The molecule has 0 bridgehead atoms. The molecule has 0 aromatic rings. The number of amides is 1. The molecule has 0 aliphatic heterocycles. The largest absolute Gasteiger partial charge is 0.369 e. The highest BCUT2D eigenvalue weighted by atomic mass is 16.1. The van der Waals surface area contributed by atoms with E-state index in [0.29, 0.717) is 0 Å². The van der Waals surface area contributed by atoms with Gasteiger partial charge in [-0.25, -0.2) is 0 Å². The molecule has 0 radical (unpaired) electrons. The molecule has 4 nitrogen and oxygen atoms in total. The highest BCUT2D eigenvalue weighted by Gasteiger charge is 2.28. The minimum Gasteiger partial charge on any atom is -0.369 e. The fourth-order valence-electron chi connectivity index (χ4n) is 2.59. The third-order valence-corrected chi connectivity index (χ3v) is 3.82. The molecule has 1 saturated carbocycles. The molecule has 0 unspecified atom stereocenters. The van der Waals surface area contributed by atoms with Crippen LogP contribution in [-0.4, -0.2) is 18.5 Å². The second-order valence-corrected chi connectivity index (χ2v) is 5.95. The first kappa shape index (κ1) is 15.0. The Morgan fingerprint density at radius 3 is 2.72 bits per heavy atom. The second kappa shape index (κ2) is 6.75. The van der Waals surface area contributed by atoms with Crippen molar-refractivity contribution in [1.29, 1.82) is 5.26 Å². The van der Waals surface area contributed by atoms with Gasteiger partial charge in [0.25, 0.3) is 0 Å². The summed E-state index contributed by atoms with van der Waals surface area (Å²) in [6.07, 6.45) is 6.07. The Labute approximate surface area is 110 Å². The summed E-state index contributed by atoms with van der Waals surface area (Å²) in [6.45, 7) is 4.78. The van der Waals surface area contributed by atoms with E-state index in [4.69, 9.17) is 11.0 Å². The zero-order valence-electron chi connectivity index (χ0n) is 11.5. The van der Waals surface area contributed by atoms with Gasteiger partial charge in [0.15, 0.2) is 0 Å². The topological polar surface area (TPSA) is 78.9 Å². The normalized spacial score (nSPS) is 24.5. The monoisotopic (exact) mass is 251 g/mol. The van der Waals surface area contributed by atoms with E-state index >= 15 is 0 Å². The molecule has 0 aromatic carbocycles. The van der Waals surface area contributed by atoms with Crippen molar-refractivity contribution in [2.75, 3.05) is 6.54 Å². The third kappa shape index (κ3) is 4.66. The van der Waals surface area contributed by atoms with Gasteiger partial charge in [-0.2, -0.15) is 5.26 Å². The maximum Gasteiger partial charge on any atom is 0.222 e. The lowest BCUT2D eigenvalue weighted by Crippen LogP contribution is -2.45. The number of nitriles is 1. The summed E-state index contributed by atoms with van der Waals surface area (Å²) in [7, 11) is 0. The van der Waals surface area contributed by atoms with E-state index in [0.717, 1.165) is 38.6 Å². The van der Waals surface area contributed by atoms with E-state index in [-0.39, 0.29) is 23.3 Å². The molecule has 0 spiro atoms. The number of nitrogens with zero attached hydrogens (tertiary/aromatic N) is 1. The Hall–Kier alpha value is -1.08. The molecule has 18 heavy (non-hydrogen) atoms. The van der Waals surface area contributed by atoms with E-state index in [1.54, 1.807) is 0 Å². The van der Waals surface area contributed by atoms with Crippen LogP contribution in [0, 0.1) is 22.7 Å². The van der Waals surface area contributed by atoms with Gasteiger partial charge in [0.2, 0.25) is 5.91 Å². The Kier molecular flexibility index (Phi) is 5.61. The van der Waals surface area contributed by atoms with Crippen molar-refractivity contribution in [1.82, 2.24) is 5.32 Å². The smallest absolute Gasteiger partial charge is 0.222 e. The predicted octanol–water partition coefficient (Wildman–Crippen LogP) is 1.95. The van der Waals surface area contributed by atoms with Gasteiger partial charge in [-0.3, -0.25) is 4.79 Å². The van der Waals surface area contributed by atoms with Crippen molar-refractivity contribution >= 4 is 5.91 Å². The summed E-state index contributed by atoms with van der Waals surface area (Å²) in [5.41, 5.74) is 5.18. The summed E-state index contributed by atoms with van der Waals surface area (Å²) in [5.74, 6) is -0.188. The molecule has 0 heterocycles.